The van der Waals surface area contributed by atoms with Crippen molar-refractivity contribution < 1.29 is 0 Å². The fraction of sp³-hybridized carbons (Fsp3) is 0.600. The second kappa shape index (κ2) is 4.48. The molecule has 0 heteroatoms. The lowest BCUT2D eigenvalue weighted by Gasteiger charge is -2.40. The SMILES string of the molecule is CC(C)Cc1ccc2c(c1)CCC1(C2)CC2C=CC1C2. The van der Waals surface area contributed by atoms with E-state index in [1.807, 2.05) is 0 Å². The molecule has 0 aromatic heterocycles. The average molecular weight is 266 g/mol. The largest absolute Gasteiger partial charge is 0.0851 e. The Hall–Kier alpha value is -1.04. The standard InChI is InChI=1S/C20H26/c1-14(2)9-15-3-5-18-13-20(8-7-17(18)10-15)12-16-4-6-19(20)11-16/h3-6,10,14,16,19H,7-9,11-13H2,1-2H3. The minimum Gasteiger partial charge on any atom is -0.0851 e. The van der Waals surface area contributed by atoms with E-state index in [0.29, 0.717) is 5.41 Å². The van der Waals surface area contributed by atoms with Crippen LogP contribution < -0.4 is 0 Å². The number of benzene rings is 1. The Labute approximate surface area is 123 Å². The third kappa shape index (κ3) is 1.96. The molecule has 3 unspecified atom stereocenters. The molecule has 106 valence electrons. The molecule has 0 N–H and O–H groups in total. The smallest absolute Gasteiger partial charge is 0.0168 e. The van der Waals surface area contributed by atoms with Crippen LogP contribution in [0.5, 0.6) is 0 Å². The second-order valence-electron chi connectivity index (χ2n) is 7.93. The van der Waals surface area contributed by atoms with Crippen LogP contribution in [0, 0.1) is 23.2 Å². The van der Waals surface area contributed by atoms with Gasteiger partial charge in [-0.25, -0.2) is 0 Å². The fourth-order valence-electron chi connectivity index (χ4n) is 5.08. The first-order chi connectivity index (χ1) is 9.64. The first-order valence-corrected chi connectivity index (χ1v) is 8.44. The summed E-state index contributed by atoms with van der Waals surface area (Å²) in [7, 11) is 0. The van der Waals surface area contributed by atoms with Gasteiger partial charge in [-0.3, -0.25) is 0 Å². The second-order valence-corrected chi connectivity index (χ2v) is 7.93. The molecule has 1 saturated carbocycles. The summed E-state index contributed by atoms with van der Waals surface area (Å²) >= 11 is 0. The third-order valence-corrected chi connectivity index (χ3v) is 5.98. The van der Waals surface area contributed by atoms with Gasteiger partial charge >= 0.3 is 0 Å². The lowest BCUT2D eigenvalue weighted by Crippen LogP contribution is -2.32. The number of rotatable bonds is 2. The highest BCUT2D eigenvalue weighted by molar-refractivity contribution is 5.37. The molecule has 4 rings (SSSR count). The Morgan fingerprint density at radius 3 is 2.80 bits per heavy atom. The van der Waals surface area contributed by atoms with E-state index in [1.54, 1.807) is 16.7 Å². The third-order valence-electron chi connectivity index (χ3n) is 5.98. The van der Waals surface area contributed by atoms with Crippen molar-refractivity contribution in [3.05, 3.63) is 47.0 Å². The highest BCUT2D eigenvalue weighted by Gasteiger charge is 2.49. The lowest BCUT2D eigenvalue weighted by atomic mass is 9.64. The summed E-state index contributed by atoms with van der Waals surface area (Å²) in [5.74, 6) is 2.55. The van der Waals surface area contributed by atoms with Gasteiger partial charge in [-0.1, -0.05) is 44.2 Å². The average Bonchev–Trinajstić information content (AvgIpc) is 2.99. The van der Waals surface area contributed by atoms with Crippen LogP contribution in [0.15, 0.2) is 30.4 Å². The molecular weight excluding hydrogens is 240 g/mol. The minimum atomic E-state index is 0.631. The van der Waals surface area contributed by atoms with E-state index in [1.165, 1.54) is 38.5 Å². The molecule has 0 nitrogen and oxygen atoms in total. The van der Waals surface area contributed by atoms with E-state index in [-0.39, 0.29) is 0 Å². The molecule has 0 aliphatic heterocycles. The van der Waals surface area contributed by atoms with Gasteiger partial charge in [-0.15, -0.1) is 0 Å². The van der Waals surface area contributed by atoms with Crippen LogP contribution in [-0.4, -0.2) is 0 Å². The van der Waals surface area contributed by atoms with Crippen LogP contribution in [0.4, 0.5) is 0 Å². The van der Waals surface area contributed by atoms with E-state index < -0.39 is 0 Å². The molecule has 20 heavy (non-hydrogen) atoms. The Balaban J connectivity index is 1.60. The Morgan fingerprint density at radius 1 is 1.20 bits per heavy atom. The van der Waals surface area contributed by atoms with Crippen molar-refractivity contribution >= 4 is 0 Å². The molecule has 1 fully saturated rings. The van der Waals surface area contributed by atoms with Crippen LogP contribution in [-0.2, 0) is 19.3 Å². The van der Waals surface area contributed by atoms with Gasteiger partial charge in [0.25, 0.3) is 0 Å². The molecule has 0 amide bonds. The zero-order valence-electron chi connectivity index (χ0n) is 12.9. The fourth-order valence-corrected chi connectivity index (χ4v) is 5.08. The molecular formula is C20H26. The van der Waals surface area contributed by atoms with Crippen molar-refractivity contribution in [2.45, 2.75) is 52.4 Å². The van der Waals surface area contributed by atoms with Gasteiger partial charge in [0.15, 0.2) is 0 Å². The van der Waals surface area contributed by atoms with Gasteiger partial charge in [0.1, 0.15) is 0 Å². The van der Waals surface area contributed by atoms with Gasteiger partial charge < -0.3 is 0 Å². The monoisotopic (exact) mass is 266 g/mol. The van der Waals surface area contributed by atoms with E-state index in [2.05, 4.69) is 44.2 Å². The maximum Gasteiger partial charge on any atom is -0.0168 e. The highest BCUT2D eigenvalue weighted by atomic mass is 14.5. The van der Waals surface area contributed by atoms with Crippen molar-refractivity contribution in [1.82, 2.24) is 0 Å². The molecule has 3 aliphatic carbocycles. The number of hydrogen-bond acceptors (Lipinski definition) is 0. The number of fused-ring (bicyclic) bond motifs is 4. The Morgan fingerprint density at radius 2 is 2.10 bits per heavy atom. The summed E-state index contributed by atoms with van der Waals surface area (Å²) in [6.45, 7) is 4.63. The molecule has 2 bridgehead atoms. The quantitative estimate of drug-likeness (QED) is 0.664. The topological polar surface area (TPSA) is 0 Å². The van der Waals surface area contributed by atoms with Crippen molar-refractivity contribution in [2.24, 2.45) is 23.2 Å². The summed E-state index contributed by atoms with van der Waals surface area (Å²) in [6, 6.07) is 7.34. The normalized spacial score (nSPS) is 34.1. The summed E-state index contributed by atoms with van der Waals surface area (Å²) in [5.41, 5.74) is 5.49. The van der Waals surface area contributed by atoms with Crippen LogP contribution >= 0.6 is 0 Å². The number of allylic oxidation sites excluding steroid dienone is 2. The summed E-state index contributed by atoms with van der Waals surface area (Å²) in [5, 5.41) is 0. The van der Waals surface area contributed by atoms with Crippen LogP contribution in [0.1, 0.15) is 49.8 Å². The zero-order valence-corrected chi connectivity index (χ0v) is 12.9. The molecule has 3 atom stereocenters. The maximum atomic E-state index is 2.53. The van der Waals surface area contributed by atoms with Gasteiger partial charge in [0.05, 0.1) is 0 Å². The van der Waals surface area contributed by atoms with E-state index in [0.717, 1.165) is 17.8 Å². The molecule has 0 saturated heterocycles. The van der Waals surface area contributed by atoms with E-state index in [9.17, 15) is 0 Å². The summed E-state index contributed by atoms with van der Waals surface area (Å²) in [6.07, 6.45) is 13.2. The predicted octanol–water partition coefficient (Wildman–Crippen LogP) is 4.96. The van der Waals surface area contributed by atoms with Crippen molar-refractivity contribution in [1.29, 1.82) is 0 Å². The maximum absolute atomic E-state index is 2.53. The zero-order chi connectivity index (χ0) is 13.7. The molecule has 3 aliphatic rings. The van der Waals surface area contributed by atoms with Gasteiger partial charge in [-0.2, -0.15) is 0 Å². The number of hydrogen-bond donors (Lipinski definition) is 0. The first kappa shape index (κ1) is 12.7. The van der Waals surface area contributed by atoms with Gasteiger partial charge in [-0.05, 0) is 78.4 Å². The summed E-state index contributed by atoms with van der Waals surface area (Å²) < 4.78 is 0. The minimum absolute atomic E-state index is 0.631. The van der Waals surface area contributed by atoms with Gasteiger partial charge in [0.2, 0.25) is 0 Å². The van der Waals surface area contributed by atoms with Gasteiger partial charge in [0, 0.05) is 0 Å². The van der Waals surface area contributed by atoms with Crippen LogP contribution in [0.3, 0.4) is 0 Å². The molecule has 0 heterocycles. The highest BCUT2D eigenvalue weighted by Crippen LogP contribution is 2.57. The summed E-state index contributed by atoms with van der Waals surface area (Å²) in [4.78, 5) is 0. The predicted molar refractivity (Wildman–Crippen MR) is 84.8 cm³/mol. The molecule has 1 aromatic carbocycles. The molecule has 0 radical (unpaired) electrons. The van der Waals surface area contributed by atoms with E-state index >= 15 is 0 Å². The lowest BCUT2D eigenvalue weighted by molar-refractivity contribution is 0.195. The van der Waals surface area contributed by atoms with Crippen LogP contribution in [0.2, 0.25) is 0 Å². The molecule has 1 aromatic rings. The van der Waals surface area contributed by atoms with Crippen LogP contribution in [0.25, 0.3) is 0 Å². The van der Waals surface area contributed by atoms with Crippen molar-refractivity contribution in [3.63, 3.8) is 0 Å². The van der Waals surface area contributed by atoms with E-state index in [4.69, 9.17) is 0 Å². The van der Waals surface area contributed by atoms with Crippen molar-refractivity contribution in [2.75, 3.05) is 0 Å². The van der Waals surface area contributed by atoms with Crippen molar-refractivity contribution in [3.8, 4) is 0 Å². The molecule has 1 spiro atoms. The first-order valence-electron chi connectivity index (χ1n) is 8.44. The Kier molecular flexibility index (Phi) is 2.84. The number of aryl methyl sites for hydroxylation is 1. The Bertz CT molecular complexity index is 551.